The fraction of sp³-hybridized carbons (Fsp3) is 1.00. The Morgan fingerprint density at radius 3 is 2.00 bits per heavy atom. The van der Waals surface area contributed by atoms with Crippen LogP contribution in [0.3, 0.4) is 0 Å². The van der Waals surface area contributed by atoms with E-state index in [1.54, 1.807) is 6.92 Å². The van der Waals surface area contributed by atoms with Crippen LogP contribution < -0.4 is 5.73 Å². The van der Waals surface area contributed by atoms with Gasteiger partial charge in [0, 0.05) is 6.04 Å². The van der Waals surface area contributed by atoms with Gasteiger partial charge >= 0.3 is 0 Å². The molecule has 0 aromatic heterocycles. The molecule has 0 bridgehead atoms. The van der Waals surface area contributed by atoms with Crippen LogP contribution in [0.1, 0.15) is 58.8 Å². The Morgan fingerprint density at radius 2 is 1.50 bits per heavy atom. The van der Waals surface area contributed by atoms with Crippen LogP contribution >= 0.6 is 0 Å². The second kappa shape index (κ2) is 8.99. The lowest BCUT2D eigenvalue weighted by Crippen LogP contribution is -2.27. The standard InChI is InChI=1S/C12H27NO2S/c1-3-4-5-6-7-8-9-10-16(14,15)11-12(2)13/h12H,3-11,13H2,1-2H3. The number of hydrogen-bond acceptors (Lipinski definition) is 3. The van der Waals surface area contributed by atoms with Crippen molar-refractivity contribution in [2.75, 3.05) is 11.5 Å². The van der Waals surface area contributed by atoms with Gasteiger partial charge in [0.15, 0.2) is 9.84 Å². The Morgan fingerprint density at radius 1 is 1.00 bits per heavy atom. The van der Waals surface area contributed by atoms with Gasteiger partial charge in [-0.1, -0.05) is 45.4 Å². The smallest absolute Gasteiger partial charge is 0.151 e. The van der Waals surface area contributed by atoms with E-state index in [4.69, 9.17) is 5.73 Å². The molecule has 2 N–H and O–H groups in total. The van der Waals surface area contributed by atoms with Gasteiger partial charge < -0.3 is 5.73 Å². The van der Waals surface area contributed by atoms with E-state index < -0.39 is 9.84 Å². The van der Waals surface area contributed by atoms with Gasteiger partial charge in [-0.15, -0.1) is 0 Å². The largest absolute Gasteiger partial charge is 0.327 e. The van der Waals surface area contributed by atoms with E-state index in [1.165, 1.54) is 25.7 Å². The Kier molecular flexibility index (Phi) is 8.94. The van der Waals surface area contributed by atoms with Crippen molar-refractivity contribution in [3.8, 4) is 0 Å². The Balaban J connectivity index is 3.44. The molecule has 0 amide bonds. The van der Waals surface area contributed by atoms with Crippen LogP contribution in [0.15, 0.2) is 0 Å². The molecule has 0 aliphatic carbocycles. The summed E-state index contributed by atoms with van der Waals surface area (Å²) in [7, 11) is -2.90. The summed E-state index contributed by atoms with van der Waals surface area (Å²) in [5.41, 5.74) is 5.48. The number of sulfone groups is 1. The molecule has 1 atom stereocenters. The van der Waals surface area contributed by atoms with Crippen molar-refractivity contribution < 1.29 is 8.42 Å². The maximum Gasteiger partial charge on any atom is 0.151 e. The number of hydrogen-bond donors (Lipinski definition) is 1. The fourth-order valence-electron chi connectivity index (χ4n) is 1.76. The van der Waals surface area contributed by atoms with Gasteiger partial charge in [0.2, 0.25) is 0 Å². The van der Waals surface area contributed by atoms with Crippen molar-refractivity contribution >= 4 is 9.84 Å². The summed E-state index contributed by atoms with van der Waals surface area (Å²) in [6.07, 6.45) is 8.05. The molecule has 0 saturated carbocycles. The average molecular weight is 249 g/mol. The molecule has 3 nitrogen and oxygen atoms in total. The highest BCUT2D eigenvalue weighted by Crippen LogP contribution is 2.08. The number of unbranched alkanes of at least 4 members (excludes halogenated alkanes) is 6. The zero-order chi connectivity index (χ0) is 12.4. The van der Waals surface area contributed by atoms with E-state index in [0.29, 0.717) is 5.75 Å². The second-order valence-corrected chi connectivity index (χ2v) is 6.94. The highest BCUT2D eigenvalue weighted by molar-refractivity contribution is 7.91. The zero-order valence-corrected chi connectivity index (χ0v) is 11.6. The second-order valence-electron chi connectivity index (χ2n) is 4.71. The monoisotopic (exact) mass is 249 g/mol. The fourth-order valence-corrected chi connectivity index (χ4v) is 3.37. The van der Waals surface area contributed by atoms with Crippen LogP contribution in [0.5, 0.6) is 0 Å². The third-order valence-electron chi connectivity index (χ3n) is 2.58. The van der Waals surface area contributed by atoms with Gasteiger partial charge in [0.1, 0.15) is 0 Å². The maximum atomic E-state index is 11.5. The first-order valence-corrected chi connectivity index (χ1v) is 8.26. The summed E-state index contributed by atoms with van der Waals surface area (Å²) in [4.78, 5) is 0. The Labute approximate surface area is 101 Å². The number of rotatable bonds is 10. The molecule has 0 rings (SSSR count). The van der Waals surface area contributed by atoms with Crippen LogP contribution in [0.2, 0.25) is 0 Å². The summed E-state index contributed by atoms with van der Waals surface area (Å²) in [6.45, 7) is 3.93. The highest BCUT2D eigenvalue weighted by Gasteiger charge is 2.12. The molecule has 4 heteroatoms. The molecule has 0 aromatic rings. The summed E-state index contributed by atoms with van der Waals surface area (Å²) in [5.74, 6) is 0.436. The van der Waals surface area contributed by atoms with Gasteiger partial charge in [-0.05, 0) is 13.3 Å². The molecule has 0 saturated heterocycles. The molecular formula is C12H27NO2S. The van der Waals surface area contributed by atoms with Crippen LogP contribution in [0.4, 0.5) is 0 Å². The van der Waals surface area contributed by atoms with Crippen molar-refractivity contribution in [3.63, 3.8) is 0 Å². The van der Waals surface area contributed by atoms with E-state index in [0.717, 1.165) is 19.3 Å². The van der Waals surface area contributed by atoms with Crippen molar-refractivity contribution in [1.82, 2.24) is 0 Å². The average Bonchev–Trinajstić information content (AvgIpc) is 2.14. The van der Waals surface area contributed by atoms with Crippen molar-refractivity contribution in [3.05, 3.63) is 0 Å². The molecular weight excluding hydrogens is 222 g/mol. The summed E-state index contributed by atoms with van der Waals surface area (Å²) in [6, 6.07) is -0.241. The van der Waals surface area contributed by atoms with Crippen molar-refractivity contribution in [2.45, 2.75) is 64.8 Å². The van der Waals surface area contributed by atoms with Crippen molar-refractivity contribution in [1.29, 1.82) is 0 Å². The first kappa shape index (κ1) is 15.9. The lowest BCUT2D eigenvalue weighted by atomic mass is 10.1. The summed E-state index contributed by atoms with van der Waals surface area (Å²) < 4.78 is 23.0. The lowest BCUT2D eigenvalue weighted by molar-refractivity contribution is 0.575. The third-order valence-corrected chi connectivity index (χ3v) is 4.52. The van der Waals surface area contributed by atoms with Crippen molar-refractivity contribution in [2.24, 2.45) is 5.73 Å². The van der Waals surface area contributed by atoms with Gasteiger partial charge in [-0.2, -0.15) is 0 Å². The highest BCUT2D eigenvalue weighted by atomic mass is 32.2. The van der Waals surface area contributed by atoms with Gasteiger partial charge in [-0.3, -0.25) is 0 Å². The topological polar surface area (TPSA) is 60.2 Å². The Bertz CT molecular complexity index is 248. The normalized spacial score (nSPS) is 13.9. The molecule has 1 unspecified atom stereocenters. The third kappa shape index (κ3) is 10.4. The van der Waals surface area contributed by atoms with Crippen LogP contribution in [0.25, 0.3) is 0 Å². The first-order chi connectivity index (χ1) is 7.48. The molecule has 0 spiro atoms. The molecule has 0 aliphatic heterocycles. The zero-order valence-electron chi connectivity index (χ0n) is 10.7. The van der Waals surface area contributed by atoms with Gasteiger partial charge in [0.05, 0.1) is 11.5 Å². The van der Waals surface area contributed by atoms with E-state index in [1.807, 2.05) is 0 Å². The molecule has 98 valence electrons. The van der Waals surface area contributed by atoms with Crippen LogP contribution in [0, 0.1) is 0 Å². The maximum absolute atomic E-state index is 11.5. The van der Waals surface area contributed by atoms with Gasteiger partial charge in [-0.25, -0.2) is 8.42 Å². The Hall–Kier alpha value is -0.0900. The summed E-state index contributed by atoms with van der Waals surface area (Å²) >= 11 is 0. The summed E-state index contributed by atoms with van der Waals surface area (Å²) in [5, 5.41) is 0. The van der Waals surface area contributed by atoms with Crippen LogP contribution in [-0.4, -0.2) is 26.0 Å². The van der Waals surface area contributed by atoms with Crippen LogP contribution in [-0.2, 0) is 9.84 Å². The number of nitrogens with two attached hydrogens (primary N) is 1. The molecule has 0 heterocycles. The molecule has 16 heavy (non-hydrogen) atoms. The minimum absolute atomic E-state index is 0.128. The molecule has 0 fully saturated rings. The predicted molar refractivity (Wildman–Crippen MR) is 70.3 cm³/mol. The van der Waals surface area contributed by atoms with E-state index in [2.05, 4.69) is 6.92 Å². The molecule has 0 aromatic carbocycles. The van der Waals surface area contributed by atoms with E-state index in [-0.39, 0.29) is 11.8 Å². The lowest BCUT2D eigenvalue weighted by Gasteiger charge is -2.06. The van der Waals surface area contributed by atoms with E-state index in [9.17, 15) is 8.42 Å². The SMILES string of the molecule is CCCCCCCCCS(=O)(=O)CC(C)N. The van der Waals surface area contributed by atoms with E-state index >= 15 is 0 Å². The quantitative estimate of drug-likeness (QED) is 0.605. The van der Waals surface area contributed by atoms with Gasteiger partial charge in [0.25, 0.3) is 0 Å². The predicted octanol–water partition coefficient (Wildman–Crippen LogP) is 2.50. The minimum Gasteiger partial charge on any atom is -0.327 e. The minimum atomic E-state index is -2.90. The molecule has 0 radical (unpaired) electrons. The molecule has 0 aliphatic rings. The first-order valence-electron chi connectivity index (χ1n) is 6.44.